The van der Waals surface area contributed by atoms with Crippen molar-refractivity contribution in [2.75, 3.05) is 12.4 Å². The Morgan fingerprint density at radius 3 is 2.89 bits per heavy atom. The first-order valence-corrected chi connectivity index (χ1v) is 8.88. The van der Waals surface area contributed by atoms with Crippen LogP contribution in [0.5, 0.6) is 11.6 Å². The third-order valence-corrected chi connectivity index (χ3v) is 4.37. The van der Waals surface area contributed by atoms with Crippen LogP contribution in [0.4, 0.5) is 11.5 Å². The van der Waals surface area contributed by atoms with Gasteiger partial charge in [-0.25, -0.2) is 14.6 Å². The molecule has 28 heavy (non-hydrogen) atoms. The molecular formula is C18H18N8O2. The number of methoxy groups -OCH3 is 1. The van der Waals surface area contributed by atoms with Crippen LogP contribution in [0.25, 0.3) is 17.0 Å². The molecule has 0 aliphatic heterocycles. The molecule has 10 nitrogen and oxygen atoms in total. The second kappa shape index (κ2) is 6.48. The van der Waals surface area contributed by atoms with Crippen LogP contribution in [-0.2, 0) is 7.05 Å². The van der Waals surface area contributed by atoms with Gasteiger partial charge in [0.15, 0.2) is 5.65 Å². The molecule has 0 aromatic carbocycles. The smallest absolute Gasteiger partial charge is 0.253 e. The van der Waals surface area contributed by atoms with Crippen molar-refractivity contribution in [1.29, 1.82) is 0 Å². The number of aryl methyl sites for hydroxylation is 1. The topological polar surface area (TPSA) is 105 Å². The highest BCUT2D eigenvalue weighted by Gasteiger charge is 2.25. The standard InChI is InChI=1S/C18H18N8O2/c1-25-17-13(9-20-25)14(28-12-3-4-12)7-15(23-17)22-11-8-21-26(10-11)18-19-6-5-16(24-18)27-2/h5-10,12H,3-4H2,1-2H3,(H,22,23). The maximum Gasteiger partial charge on any atom is 0.253 e. The first kappa shape index (κ1) is 16.5. The van der Waals surface area contributed by atoms with E-state index in [9.17, 15) is 0 Å². The lowest BCUT2D eigenvalue weighted by Crippen LogP contribution is -2.02. The van der Waals surface area contributed by atoms with Gasteiger partial charge in [-0.1, -0.05) is 0 Å². The molecule has 10 heteroatoms. The highest BCUT2D eigenvalue weighted by Crippen LogP contribution is 2.33. The second-order valence-corrected chi connectivity index (χ2v) is 6.53. The Labute approximate surface area is 160 Å². The van der Waals surface area contributed by atoms with E-state index in [1.165, 1.54) is 0 Å². The fraction of sp³-hybridized carbons (Fsp3) is 0.278. The molecule has 1 N–H and O–H groups in total. The SMILES string of the molecule is COc1ccnc(-n2cc(Nc3cc(OC4CC4)c4cnn(C)c4n3)cn2)n1. The van der Waals surface area contributed by atoms with Gasteiger partial charge in [0.1, 0.15) is 11.6 Å². The summed E-state index contributed by atoms with van der Waals surface area (Å²) in [6.07, 6.45) is 9.31. The number of pyridine rings is 1. The number of anilines is 2. The van der Waals surface area contributed by atoms with Gasteiger partial charge < -0.3 is 14.8 Å². The van der Waals surface area contributed by atoms with Gasteiger partial charge in [0.25, 0.3) is 5.95 Å². The zero-order valence-electron chi connectivity index (χ0n) is 15.4. The quantitative estimate of drug-likeness (QED) is 0.545. The van der Waals surface area contributed by atoms with E-state index in [1.807, 2.05) is 13.1 Å². The van der Waals surface area contributed by atoms with E-state index in [2.05, 4.69) is 30.5 Å². The van der Waals surface area contributed by atoms with Crippen LogP contribution in [0.1, 0.15) is 12.8 Å². The number of fused-ring (bicyclic) bond motifs is 1. The molecule has 0 atom stereocenters. The van der Waals surface area contributed by atoms with E-state index in [0.717, 1.165) is 35.3 Å². The van der Waals surface area contributed by atoms with Crippen molar-refractivity contribution in [3.8, 4) is 17.6 Å². The van der Waals surface area contributed by atoms with Crippen molar-refractivity contribution in [2.24, 2.45) is 7.05 Å². The summed E-state index contributed by atoms with van der Waals surface area (Å²) in [5, 5.41) is 12.8. The Morgan fingerprint density at radius 2 is 2.07 bits per heavy atom. The predicted octanol–water partition coefficient (Wildman–Crippen LogP) is 2.24. The molecule has 0 radical (unpaired) electrons. The number of aromatic nitrogens is 7. The van der Waals surface area contributed by atoms with Crippen LogP contribution in [0.15, 0.2) is 36.9 Å². The van der Waals surface area contributed by atoms with Crippen molar-refractivity contribution in [3.05, 3.63) is 36.9 Å². The summed E-state index contributed by atoms with van der Waals surface area (Å²) in [6.45, 7) is 0. The highest BCUT2D eigenvalue weighted by atomic mass is 16.5. The van der Waals surface area contributed by atoms with Crippen molar-refractivity contribution in [3.63, 3.8) is 0 Å². The van der Waals surface area contributed by atoms with E-state index in [0.29, 0.717) is 17.6 Å². The average molecular weight is 378 g/mol. The largest absolute Gasteiger partial charge is 0.489 e. The van der Waals surface area contributed by atoms with Gasteiger partial charge in [0.2, 0.25) is 5.88 Å². The zero-order valence-corrected chi connectivity index (χ0v) is 15.4. The molecule has 0 saturated heterocycles. The third kappa shape index (κ3) is 3.08. The van der Waals surface area contributed by atoms with E-state index in [1.54, 1.807) is 47.3 Å². The lowest BCUT2D eigenvalue weighted by Gasteiger charge is -2.09. The number of hydrogen-bond acceptors (Lipinski definition) is 8. The molecule has 4 aromatic rings. The van der Waals surface area contributed by atoms with Gasteiger partial charge in [0.05, 0.1) is 42.9 Å². The average Bonchev–Trinajstić information content (AvgIpc) is 3.27. The summed E-state index contributed by atoms with van der Waals surface area (Å²) in [4.78, 5) is 13.1. The molecule has 0 spiro atoms. The molecule has 1 aliphatic carbocycles. The lowest BCUT2D eigenvalue weighted by molar-refractivity contribution is 0.307. The fourth-order valence-corrected chi connectivity index (χ4v) is 2.81. The number of rotatable bonds is 6. The first-order valence-electron chi connectivity index (χ1n) is 8.88. The molecule has 4 aromatic heterocycles. The third-order valence-electron chi connectivity index (χ3n) is 4.37. The van der Waals surface area contributed by atoms with Crippen LogP contribution in [-0.4, -0.2) is 47.7 Å². The summed E-state index contributed by atoms with van der Waals surface area (Å²) in [7, 11) is 3.42. The fourth-order valence-electron chi connectivity index (χ4n) is 2.81. The predicted molar refractivity (Wildman–Crippen MR) is 101 cm³/mol. The Balaban J connectivity index is 1.45. The molecule has 142 valence electrons. The minimum Gasteiger partial charge on any atom is -0.489 e. The Kier molecular flexibility index (Phi) is 3.81. The monoisotopic (exact) mass is 378 g/mol. The Hall–Kier alpha value is -3.69. The molecule has 0 bridgehead atoms. The van der Waals surface area contributed by atoms with Crippen molar-refractivity contribution < 1.29 is 9.47 Å². The van der Waals surface area contributed by atoms with Crippen LogP contribution < -0.4 is 14.8 Å². The van der Waals surface area contributed by atoms with Crippen LogP contribution in [0.2, 0.25) is 0 Å². The van der Waals surface area contributed by atoms with Gasteiger partial charge in [-0.2, -0.15) is 15.2 Å². The van der Waals surface area contributed by atoms with E-state index in [-0.39, 0.29) is 6.10 Å². The van der Waals surface area contributed by atoms with Crippen molar-refractivity contribution in [1.82, 2.24) is 34.5 Å². The van der Waals surface area contributed by atoms with Crippen LogP contribution >= 0.6 is 0 Å². The highest BCUT2D eigenvalue weighted by molar-refractivity contribution is 5.84. The molecule has 0 unspecified atom stereocenters. The summed E-state index contributed by atoms with van der Waals surface area (Å²) in [6, 6.07) is 3.57. The van der Waals surface area contributed by atoms with Gasteiger partial charge in [-0.3, -0.25) is 4.68 Å². The zero-order chi connectivity index (χ0) is 19.1. The van der Waals surface area contributed by atoms with Crippen molar-refractivity contribution in [2.45, 2.75) is 18.9 Å². The summed E-state index contributed by atoms with van der Waals surface area (Å²) >= 11 is 0. The van der Waals surface area contributed by atoms with E-state index < -0.39 is 0 Å². The number of nitrogens with one attached hydrogen (secondary N) is 1. The maximum absolute atomic E-state index is 6.04. The minimum absolute atomic E-state index is 0.284. The van der Waals surface area contributed by atoms with Crippen molar-refractivity contribution >= 4 is 22.5 Å². The second-order valence-electron chi connectivity index (χ2n) is 6.53. The summed E-state index contributed by atoms with van der Waals surface area (Å²) in [5.74, 6) is 2.32. The maximum atomic E-state index is 6.04. The van der Waals surface area contributed by atoms with Gasteiger partial charge in [-0.05, 0) is 12.8 Å². The Morgan fingerprint density at radius 1 is 1.18 bits per heavy atom. The van der Waals surface area contributed by atoms with E-state index >= 15 is 0 Å². The summed E-state index contributed by atoms with van der Waals surface area (Å²) in [5.41, 5.74) is 1.50. The van der Waals surface area contributed by atoms with Gasteiger partial charge in [0, 0.05) is 25.4 Å². The molecule has 1 saturated carbocycles. The molecule has 0 amide bonds. The molecule has 4 heterocycles. The molecule has 1 fully saturated rings. The number of hydrogen-bond donors (Lipinski definition) is 1. The lowest BCUT2D eigenvalue weighted by atomic mass is 10.3. The molecular weight excluding hydrogens is 360 g/mol. The molecule has 5 rings (SSSR count). The van der Waals surface area contributed by atoms with Crippen LogP contribution in [0.3, 0.4) is 0 Å². The first-order chi connectivity index (χ1) is 13.7. The Bertz CT molecular complexity index is 1150. The number of ether oxygens (including phenoxy) is 2. The molecule has 1 aliphatic rings. The number of nitrogens with zero attached hydrogens (tertiary/aromatic N) is 7. The van der Waals surface area contributed by atoms with Crippen LogP contribution in [0, 0.1) is 0 Å². The van der Waals surface area contributed by atoms with Gasteiger partial charge >= 0.3 is 0 Å². The minimum atomic E-state index is 0.284. The van der Waals surface area contributed by atoms with E-state index in [4.69, 9.17) is 9.47 Å². The summed E-state index contributed by atoms with van der Waals surface area (Å²) < 4.78 is 14.5. The van der Waals surface area contributed by atoms with Gasteiger partial charge in [-0.15, -0.1) is 0 Å². The normalized spacial score (nSPS) is 13.6.